The number of hydrogen-bond acceptors (Lipinski definition) is 6. The van der Waals surface area contributed by atoms with Crippen LogP contribution in [0.5, 0.6) is 17.2 Å². The Morgan fingerprint density at radius 3 is 2.46 bits per heavy atom. The summed E-state index contributed by atoms with van der Waals surface area (Å²) in [7, 11) is -4.05. The zero-order valence-corrected chi connectivity index (χ0v) is 20.5. The molecule has 1 atom stereocenters. The number of hydrogen-bond donors (Lipinski definition) is 1. The summed E-state index contributed by atoms with van der Waals surface area (Å²) in [6.07, 6.45) is -0.397. The van der Waals surface area contributed by atoms with Crippen molar-refractivity contribution in [3.63, 3.8) is 0 Å². The van der Waals surface area contributed by atoms with Crippen molar-refractivity contribution in [3.8, 4) is 17.2 Å². The third kappa shape index (κ3) is 5.68. The third-order valence-electron chi connectivity index (χ3n) is 5.42. The van der Waals surface area contributed by atoms with Crippen molar-refractivity contribution in [3.05, 3.63) is 78.4 Å². The molecule has 9 heteroatoms. The molecule has 1 amide bonds. The third-order valence-corrected chi connectivity index (χ3v) is 7.20. The van der Waals surface area contributed by atoms with Crippen molar-refractivity contribution in [1.29, 1.82) is 0 Å². The highest BCUT2D eigenvalue weighted by Gasteiger charge is 2.30. The molecule has 0 aliphatic carbocycles. The molecule has 184 valence electrons. The lowest BCUT2D eigenvalue weighted by Gasteiger charge is -2.28. The van der Waals surface area contributed by atoms with Gasteiger partial charge in [0.1, 0.15) is 25.0 Å². The summed E-state index contributed by atoms with van der Waals surface area (Å²) in [5, 5.41) is 2.78. The van der Waals surface area contributed by atoms with E-state index in [-0.39, 0.29) is 23.7 Å². The highest BCUT2D eigenvalue weighted by atomic mass is 32.2. The predicted octanol–water partition coefficient (Wildman–Crippen LogP) is 3.55. The Bertz CT molecular complexity index is 1280. The molecule has 1 N–H and O–H groups in total. The molecule has 0 saturated carbocycles. The average molecular weight is 497 g/mol. The summed E-state index contributed by atoms with van der Waals surface area (Å²) >= 11 is 0. The van der Waals surface area contributed by atoms with Crippen LogP contribution in [0.25, 0.3) is 0 Å². The molecule has 1 aliphatic heterocycles. The maximum absolute atomic E-state index is 13.6. The molecule has 1 aliphatic rings. The highest BCUT2D eigenvalue weighted by molar-refractivity contribution is 7.92. The van der Waals surface area contributed by atoms with Crippen molar-refractivity contribution in [2.75, 3.05) is 30.6 Å². The number of anilines is 1. The Labute approximate surface area is 205 Å². The Morgan fingerprint density at radius 2 is 1.71 bits per heavy atom. The number of carbonyl (C=O) groups is 1. The van der Waals surface area contributed by atoms with E-state index in [0.717, 1.165) is 9.87 Å². The molecule has 4 rings (SSSR count). The zero-order chi connectivity index (χ0) is 24.8. The van der Waals surface area contributed by atoms with Gasteiger partial charge in [-0.3, -0.25) is 9.10 Å². The minimum Gasteiger partial charge on any atom is -0.492 e. The van der Waals surface area contributed by atoms with Crippen molar-refractivity contribution in [2.24, 2.45) is 0 Å². The molecule has 0 bridgehead atoms. The average Bonchev–Trinajstić information content (AvgIpc) is 2.87. The van der Waals surface area contributed by atoms with Gasteiger partial charge < -0.3 is 19.5 Å². The van der Waals surface area contributed by atoms with Gasteiger partial charge >= 0.3 is 0 Å². The van der Waals surface area contributed by atoms with Crippen LogP contribution in [0.1, 0.15) is 12.5 Å². The van der Waals surface area contributed by atoms with Gasteiger partial charge in [-0.2, -0.15) is 0 Å². The van der Waals surface area contributed by atoms with E-state index in [1.54, 1.807) is 42.5 Å². The Kier molecular flexibility index (Phi) is 7.45. The second-order valence-corrected chi connectivity index (χ2v) is 9.89. The minimum atomic E-state index is -4.05. The van der Waals surface area contributed by atoms with Crippen LogP contribution in [0.4, 0.5) is 5.69 Å². The fourth-order valence-electron chi connectivity index (χ4n) is 3.66. The van der Waals surface area contributed by atoms with E-state index >= 15 is 0 Å². The topological polar surface area (TPSA) is 94.2 Å². The fraction of sp³-hybridized carbons (Fsp3) is 0.269. The maximum Gasteiger partial charge on any atom is 0.264 e. The maximum atomic E-state index is 13.6. The first-order chi connectivity index (χ1) is 16.9. The van der Waals surface area contributed by atoms with Crippen LogP contribution in [-0.2, 0) is 14.8 Å². The fourth-order valence-corrected chi connectivity index (χ4v) is 5.09. The lowest BCUT2D eigenvalue weighted by atomic mass is 10.2. The first kappa shape index (κ1) is 24.4. The zero-order valence-electron chi connectivity index (χ0n) is 19.6. The van der Waals surface area contributed by atoms with Crippen LogP contribution < -0.4 is 23.8 Å². The van der Waals surface area contributed by atoms with Crippen LogP contribution >= 0.6 is 0 Å². The van der Waals surface area contributed by atoms with Gasteiger partial charge in [-0.15, -0.1) is 0 Å². The van der Waals surface area contributed by atoms with Gasteiger partial charge in [0.25, 0.3) is 10.0 Å². The van der Waals surface area contributed by atoms with E-state index in [4.69, 9.17) is 14.2 Å². The normalized spacial score (nSPS) is 14.7. The second kappa shape index (κ2) is 10.7. The Balaban J connectivity index is 1.54. The smallest absolute Gasteiger partial charge is 0.264 e. The van der Waals surface area contributed by atoms with E-state index in [1.807, 2.05) is 32.0 Å². The molecule has 0 spiro atoms. The number of sulfonamides is 1. The lowest BCUT2D eigenvalue weighted by Crippen LogP contribution is -2.45. The number of nitrogens with one attached hydrogen (secondary N) is 1. The van der Waals surface area contributed by atoms with Crippen molar-refractivity contribution < 1.29 is 27.4 Å². The number of aryl methyl sites for hydroxylation is 1. The van der Waals surface area contributed by atoms with E-state index < -0.39 is 28.6 Å². The highest BCUT2D eigenvalue weighted by Crippen LogP contribution is 2.33. The Hall–Kier alpha value is -3.72. The molecule has 3 aromatic carbocycles. The number of ether oxygens (including phenoxy) is 3. The predicted molar refractivity (Wildman–Crippen MR) is 133 cm³/mol. The van der Waals surface area contributed by atoms with E-state index in [9.17, 15) is 13.2 Å². The van der Waals surface area contributed by atoms with Gasteiger partial charge in [0.15, 0.2) is 11.5 Å². The lowest BCUT2D eigenvalue weighted by molar-refractivity contribution is -0.120. The van der Waals surface area contributed by atoms with E-state index in [1.165, 1.54) is 12.1 Å². The number of rotatable bonds is 9. The first-order valence-electron chi connectivity index (χ1n) is 11.3. The SMILES string of the molecule is CCOc1ccccc1N(CC(=O)NCC1COc2ccccc2O1)S(=O)(=O)c1ccc(C)cc1. The number of amides is 1. The molecule has 1 unspecified atom stereocenters. The van der Waals surface area contributed by atoms with Crippen molar-refractivity contribution in [2.45, 2.75) is 24.8 Å². The molecule has 0 radical (unpaired) electrons. The van der Waals surface area contributed by atoms with Crippen LogP contribution in [0.15, 0.2) is 77.7 Å². The molecule has 35 heavy (non-hydrogen) atoms. The number of carbonyl (C=O) groups excluding carboxylic acids is 1. The van der Waals surface area contributed by atoms with E-state index in [0.29, 0.717) is 23.9 Å². The molecular formula is C26H28N2O6S. The van der Waals surface area contributed by atoms with Crippen LogP contribution in [0.2, 0.25) is 0 Å². The number of nitrogens with zero attached hydrogens (tertiary/aromatic N) is 1. The van der Waals surface area contributed by atoms with Gasteiger partial charge in [-0.05, 0) is 50.2 Å². The minimum absolute atomic E-state index is 0.0859. The van der Waals surface area contributed by atoms with Crippen molar-refractivity contribution in [1.82, 2.24) is 5.32 Å². The second-order valence-electron chi connectivity index (χ2n) is 8.03. The largest absolute Gasteiger partial charge is 0.492 e. The summed E-state index contributed by atoms with van der Waals surface area (Å²) in [5.74, 6) is 1.15. The molecule has 0 fully saturated rings. The van der Waals surface area contributed by atoms with Crippen LogP contribution in [-0.4, -0.2) is 46.7 Å². The summed E-state index contributed by atoms with van der Waals surface area (Å²) in [6, 6.07) is 20.6. The molecule has 1 heterocycles. The van der Waals surface area contributed by atoms with Gasteiger partial charge in [-0.25, -0.2) is 8.42 Å². The molecule has 0 saturated heterocycles. The molecule has 8 nitrogen and oxygen atoms in total. The van der Waals surface area contributed by atoms with Crippen molar-refractivity contribution >= 4 is 21.6 Å². The van der Waals surface area contributed by atoms with Crippen LogP contribution in [0, 0.1) is 6.92 Å². The monoisotopic (exact) mass is 496 g/mol. The summed E-state index contributed by atoms with van der Waals surface area (Å²) in [4.78, 5) is 13.0. The van der Waals surface area contributed by atoms with Crippen LogP contribution in [0.3, 0.4) is 0 Å². The number of benzene rings is 3. The molecular weight excluding hydrogens is 468 g/mol. The Morgan fingerprint density at radius 1 is 1.03 bits per heavy atom. The number of fused-ring (bicyclic) bond motifs is 1. The van der Waals surface area contributed by atoms with Gasteiger partial charge in [0, 0.05) is 0 Å². The molecule has 3 aromatic rings. The molecule has 0 aromatic heterocycles. The number of para-hydroxylation sites is 4. The standard InChI is InChI=1S/C26H28N2O6S/c1-3-32-23-9-5-4-8-22(23)28(35(30,31)21-14-12-19(2)13-15-21)17-26(29)27-16-20-18-33-24-10-6-7-11-25(24)34-20/h4-15,20H,3,16-18H2,1-2H3,(H,27,29). The van der Waals surface area contributed by atoms with Gasteiger partial charge in [0.05, 0.1) is 23.7 Å². The summed E-state index contributed by atoms with van der Waals surface area (Å²) < 4.78 is 45.6. The van der Waals surface area contributed by atoms with Gasteiger partial charge in [-0.1, -0.05) is 42.0 Å². The summed E-state index contributed by atoms with van der Waals surface area (Å²) in [6.45, 7) is 4.05. The van der Waals surface area contributed by atoms with E-state index in [2.05, 4.69) is 5.32 Å². The van der Waals surface area contributed by atoms with Gasteiger partial charge in [0.2, 0.25) is 5.91 Å². The summed E-state index contributed by atoms with van der Waals surface area (Å²) in [5.41, 5.74) is 1.22. The quantitative estimate of drug-likeness (QED) is 0.487. The first-order valence-corrected chi connectivity index (χ1v) is 12.8.